The summed E-state index contributed by atoms with van der Waals surface area (Å²) in [6.07, 6.45) is 5.11. The van der Waals surface area contributed by atoms with Crippen LogP contribution < -0.4 is 5.32 Å². The molecule has 19 heavy (non-hydrogen) atoms. The summed E-state index contributed by atoms with van der Waals surface area (Å²) in [5.74, 6) is 1.82. The van der Waals surface area contributed by atoms with Crippen LogP contribution in [0.4, 0.5) is 0 Å². The van der Waals surface area contributed by atoms with Crippen molar-refractivity contribution in [2.45, 2.75) is 62.9 Å². The van der Waals surface area contributed by atoms with Crippen molar-refractivity contribution in [2.24, 2.45) is 13.0 Å². The van der Waals surface area contributed by atoms with E-state index in [0.717, 1.165) is 23.4 Å². The molecule has 0 bridgehead atoms. The van der Waals surface area contributed by atoms with Crippen molar-refractivity contribution < 1.29 is 0 Å². The molecule has 1 N–H and O–H groups in total. The topological polar surface area (TPSA) is 42.7 Å². The minimum absolute atomic E-state index is 0.623. The first kappa shape index (κ1) is 14.9. The van der Waals surface area contributed by atoms with Gasteiger partial charge in [-0.2, -0.15) is 0 Å². The van der Waals surface area contributed by atoms with Crippen molar-refractivity contribution in [3.05, 3.63) is 5.82 Å². The van der Waals surface area contributed by atoms with E-state index in [9.17, 15) is 0 Å². The molecular weight excluding hydrogens is 256 g/mol. The van der Waals surface area contributed by atoms with E-state index >= 15 is 0 Å². The van der Waals surface area contributed by atoms with E-state index in [0.29, 0.717) is 11.3 Å². The molecule has 108 valence electrons. The normalized spacial score (nSPS) is 27.7. The van der Waals surface area contributed by atoms with Crippen LogP contribution in [0.3, 0.4) is 0 Å². The van der Waals surface area contributed by atoms with E-state index < -0.39 is 0 Å². The Labute approximate surface area is 120 Å². The lowest BCUT2D eigenvalue weighted by molar-refractivity contribution is 0.317. The van der Waals surface area contributed by atoms with Crippen LogP contribution in [0.1, 0.15) is 45.4 Å². The Morgan fingerprint density at radius 3 is 2.79 bits per heavy atom. The highest BCUT2D eigenvalue weighted by molar-refractivity contribution is 7.99. The van der Waals surface area contributed by atoms with Crippen LogP contribution in [-0.2, 0) is 7.05 Å². The van der Waals surface area contributed by atoms with Crippen molar-refractivity contribution in [2.75, 3.05) is 6.54 Å². The van der Waals surface area contributed by atoms with Crippen molar-refractivity contribution in [1.82, 2.24) is 20.1 Å². The predicted molar refractivity (Wildman–Crippen MR) is 80.5 cm³/mol. The number of hydrogen-bond donors (Lipinski definition) is 1. The Balaban J connectivity index is 2.03. The van der Waals surface area contributed by atoms with Gasteiger partial charge in [0.1, 0.15) is 5.82 Å². The van der Waals surface area contributed by atoms with E-state index in [2.05, 4.69) is 41.0 Å². The van der Waals surface area contributed by atoms with Crippen LogP contribution in [0.25, 0.3) is 0 Å². The van der Waals surface area contributed by atoms with Crippen molar-refractivity contribution in [3.63, 3.8) is 0 Å². The van der Waals surface area contributed by atoms with Crippen LogP contribution in [0.2, 0.25) is 0 Å². The number of rotatable bonds is 5. The molecule has 2 rings (SSSR count). The van der Waals surface area contributed by atoms with Crippen LogP contribution in [0.5, 0.6) is 0 Å². The monoisotopic (exact) mass is 282 g/mol. The van der Waals surface area contributed by atoms with E-state index in [4.69, 9.17) is 0 Å². The first-order valence-corrected chi connectivity index (χ1v) is 8.25. The lowest BCUT2D eigenvalue weighted by Crippen LogP contribution is -2.42. The number of aryl methyl sites for hydroxylation is 1. The lowest BCUT2D eigenvalue weighted by atomic mass is 9.87. The Morgan fingerprint density at radius 1 is 1.37 bits per heavy atom. The van der Waals surface area contributed by atoms with Crippen LogP contribution in [0.15, 0.2) is 5.16 Å². The third-order valence-corrected chi connectivity index (χ3v) is 5.41. The smallest absolute Gasteiger partial charge is 0.191 e. The second-order valence-electron chi connectivity index (χ2n) is 5.72. The summed E-state index contributed by atoms with van der Waals surface area (Å²) in [7, 11) is 2.05. The van der Waals surface area contributed by atoms with Crippen LogP contribution >= 0.6 is 11.8 Å². The molecule has 0 radical (unpaired) electrons. The maximum atomic E-state index is 4.30. The molecule has 0 saturated heterocycles. The molecule has 0 aromatic carbocycles. The van der Waals surface area contributed by atoms with Gasteiger partial charge in [-0.25, -0.2) is 0 Å². The fraction of sp³-hybridized carbons (Fsp3) is 0.857. The number of hydrogen-bond acceptors (Lipinski definition) is 4. The van der Waals surface area contributed by atoms with E-state index in [1.165, 1.54) is 25.7 Å². The molecule has 1 heterocycles. The van der Waals surface area contributed by atoms with Gasteiger partial charge in [0.15, 0.2) is 5.16 Å². The molecule has 1 aromatic rings. The summed E-state index contributed by atoms with van der Waals surface area (Å²) >= 11 is 1.90. The van der Waals surface area contributed by atoms with Gasteiger partial charge >= 0.3 is 0 Å². The molecule has 5 heteroatoms. The third kappa shape index (κ3) is 3.72. The van der Waals surface area contributed by atoms with Gasteiger partial charge in [0.25, 0.3) is 0 Å². The molecule has 1 saturated carbocycles. The largest absolute Gasteiger partial charge is 0.313 e. The van der Waals surface area contributed by atoms with Gasteiger partial charge in [-0.3, -0.25) is 0 Å². The maximum Gasteiger partial charge on any atom is 0.191 e. The molecule has 3 atom stereocenters. The molecule has 3 unspecified atom stereocenters. The van der Waals surface area contributed by atoms with Gasteiger partial charge in [-0.1, -0.05) is 25.6 Å². The van der Waals surface area contributed by atoms with Crippen molar-refractivity contribution >= 4 is 11.8 Å². The third-order valence-electron chi connectivity index (χ3n) is 4.02. The van der Waals surface area contributed by atoms with Crippen molar-refractivity contribution in [3.8, 4) is 0 Å². The summed E-state index contributed by atoms with van der Waals surface area (Å²) < 4.78 is 2.10. The van der Waals surface area contributed by atoms with Gasteiger partial charge < -0.3 is 9.88 Å². The highest BCUT2D eigenvalue weighted by Gasteiger charge is 2.30. The minimum Gasteiger partial charge on any atom is -0.313 e. The quantitative estimate of drug-likeness (QED) is 0.902. The maximum absolute atomic E-state index is 4.30. The summed E-state index contributed by atoms with van der Waals surface area (Å²) in [5, 5.41) is 13.8. The fourth-order valence-corrected chi connectivity index (χ4v) is 4.12. The van der Waals surface area contributed by atoms with Gasteiger partial charge in [0.2, 0.25) is 0 Å². The molecule has 0 amide bonds. The summed E-state index contributed by atoms with van der Waals surface area (Å²) in [5.41, 5.74) is 0. The Bertz CT molecular complexity index is 402. The zero-order valence-corrected chi connectivity index (χ0v) is 13.3. The number of nitrogens with one attached hydrogen (secondary N) is 1. The summed E-state index contributed by atoms with van der Waals surface area (Å²) in [4.78, 5) is 0. The Kier molecular flexibility index (Phi) is 5.28. The summed E-state index contributed by atoms with van der Waals surface area (Å²) in [6, 6.07) is 0.623. The van der Waals surface area contributed by atoms with Crippen LogP contribution in [0, 0.1) is 12.8 Å². The molecule has 0 spiro atoms. The number of thioether (sulfide) groups is 1. The zero-order valence-electron chi connectivity index (χ0n) is 12.5. The Morgan fingerprint density at radius 2 is 2.16 bits per heavy atom. The van der Waals surface area contributed by atoms with Crippen molar-refractivity contribution in [1.29, 1.82) is 0 Å². The second-order valence-corrected chi connectivity index (χ2v) is 6.93. The molecule has 0 aliphatic heterocycles. The fourth-order valence-electron chi connectivity index (χ4n) is 2.65. The van der Waals surface area contributed by atoms with E-state index in [1.807, 2.05) is 18.7 Å². The minimum atomic E-state index is 0.623. The molecule has 4 nitrogen and oxygen atoms in total. The lowest BCUT2D eigenvalue weighted by Gasteiger charge is -2.34. The highest BCUT2D eigenvalue weighted by atomic mass is 32.2. The standard InChI is InChI=1S/C14H26N4S/c1-5-8-15-12-7-6-10(2)9-13(12)19-14-17-16-11(3)18(14)4/h10,12-13,15H,5-9H2,1-4H3. The van der Waals surface area contributed by atoms with E-state index in [1.54, 1.807) is 0 Å². The molecule has 1 aromatic heterocycles. The molecule has 1 aliphatic carbocycles. The molecular formula is C14H26N4S. The average molecular weight is 282 g/mol. The highest BCUT2D eigenvalue weighted by Crippen LogP contribution is 2.35. The Hall–Kier alpha value is -0.550. The SMILES string of the molecule is CCCNC1CCC(C)CC1Sc1nnc(C)n1C. The van der Waals surface area contributed by atoms with Gasteiger partial charge in [0, 0.05) is 18.3 Å². The number of aromatic nitrogens is 3. The second kappa shape index (κ2) is 6.75. The predicted octanol–water partition coefficient (Wildman–Crippen LogP) is 2.77. The average Bonchev–Trinajstić information content (AvgIpc) is 2.70. The summed E-state index contributed by atoms with van der Waals surface area (Å²) in [6.45, 7) is 7.72. The first-order chi connectivity index (χ1) is 9.11. The van der Waals surface area contributed by atoms with Gasteiger partial charge in [0.05, 0.1) is 0 Å². The van der Waals surface area contributed by atoms with Gasteiger partial charge in [-0.15, -0.1) is 10.2 Å². The van der Waals surface area contributed by atoms with E-state index in [-0.39, 0.29) is 0 Å². The number of nitrogens with zero attached hydrogens (tertiary/aromatic N) is 3. The van der Waals surface area contributed by atoms with Crippen LogP contribution in [-0.4, -0.2) is 32.6 Å². The first-order valence-electron chi connectivity index (χ1n) is 7.37. The molecule has 1 fully saturated rings. The molecule has 1 aliphatic rings. The zero-order chi connectivity index (χ0) is 13.8. The van der Waals surface area contributed by atoms with Gasteiger partial charge in [-0.05, 0) is 45.1 Å².